The molecule has 108 valence electrons. The average molecular weight is 311 g/mol. The number of aromatic nitrogens is 2. The van der Waals surface area contributed by atoms with Gasteiger partial charge < -0.3 is 13.8 Å². The van der Waals surface area contributed by atoms with E-state index in [2.05, 4.69) is 9.97 Å². The number of halogens is 1. The van der Waals surface area contributed by atoms with E-state index in [0.29, 0.717) is 22.2 Å². The number of H-pyrrole nitrogens is 1. The van der Waals surface area contributed by atoms with E-state index >= 15 is 0 Å². The highest BCUT2D eigenvalue weighted by molar-refractivity contribution is 6.30. The van der Waals surface area contributed by atoms with Crippen LogP contribution in [-0.2, 0) is 0 Å². The van der Waals surface area contributed by atoms with Gasteiger partial charge in [0.1, 0.15) is 17.2 Å². The zero-order valence-corrected chi connectivity index (χ0v) is 12.2. The molecule has 0 fully saturated rings. The molecular formula is C17H11ClN2O2. The Kier molecular flexibility index (Phi) is 3.09. The smallest absolute Gasteiger partial charge is 0.154 e. The molecule has 4 nitrogen and oxygen atoms in total. The third kappa shape index (κ3) is 2.23. The zero-order valence-electron chi connectivity index (χ0n) is 11.4. The first-order chi connectivity index (χ1) is 10.8. The summed E-state index contributed by atoms with van der Waals surface area (Å²) in [5, 5.41) is 0.688. The molecule has 4 rings (SSSR count). The van der Waals surface area contributed by atoms with E-state index in [-0.39, 0.29) is 0 Å². The van der Waals surface area contributed by atoms with Crippen molar-refractivity contribution < 1.29 is 8.83 Å². The molecule has 0 atom stereocenters. The summed E-state index contributed by atoms with van der Waals surface area (Å²) in [5.41, 5.74) is 2.44. The first-order valence-corrected chi connectivity index (χ1v) is 7.13. The molecule has 0 bridgehead atoms. The van der Waals surface area contributed by atoms with Crippen LogP contribution in [0.1, 0.15) is 0 Å². The fourth-order valence-electron chi connectivity index (χ4n) is 2.31. The average Bonchev–Trinajstić information content (AvgIpc) is 3.27. The highest BCUT2D eigenvalue weighted by atomic mass is 35.5. The van der Waals surface area contributed by atoms with E-state index in [4.69, 9.17) is 20.4 Å². The molecule has 0 unspecified atom stereocenters. The normalized spacial score (nSPS) is 11.0. The Morgan fingerprint density at radius 2 is 1.55 bits per heavy atom. The van der Waals surface area contributed by atoms with E-state index in [0.717, 1.165) is 17.1 Å². The summed E-state index contributed by atoms with van der Waals surface area (Å²) in [6, 6.07) is 14.9. The Balaban J connectivity index is 1.88. The second-order valence-electron chi connectivity index (χ2n) is 4.77. The third-order valence-corrected chi connectivity index (χ3v) is 3.60. The first-order valence-electron chi connectivity index (χ1n) is 6.75. The number of rotatable bonds is 3. The molecule has 4 aromatic rings. The van der Waals surface area contributed by atoms with Gasteiger partial charge in [0.15, 0.2) is 11.5 Å². The number of nitrogens with one attached hydrogen (secondary N) is 1. The molecule has 0 aliphatic heterocycles. The van der Waals surface area contributed by atoms with Crippen molar-refractivity contribution in [2.75, 3.05) is 0 Å². The lowest BCUT2D eigenvalue weighted by Crippen LogP contribution is -1.79. The summed E-state index contributed by atoms with van der Waals surface area (Å²) in [4.78, 5) is 7.96. The fraction of sp³-hybridized carbons (Fsp3) is 0. The molecule has 0 saturated carbocycles. The molecule has 0 aliphatic carbocycles. The molecule has 0 radical (unpaired) electrons. The fourth-order valence-corrected chi connectivity index (χ4v) is 2.43. The maximum absolute atomic E-state index is 5.94. The molecule has 1 N–H and O–H groups in total. The highest BCUT2D eigenvalue weighted by Crippen LogP contribution is 2.33. The molecule has 22 heavy (non-hydrogen) atoms. The third-order valence-electron chi connectivity index (χ3n) is 3.34. The number of imidazole rings is 1. The van der Waals surface area contributed by atoms with Crippen LogP contribution in [0, 0.1) is 0 Å². The number of hydrogen-bond donors (Lipinski definition) is 1. The number of hydrogen-bond acceptors (Lipinski definition) is 3. The van der Waals surface area contributed by atoms with Crippen molar-refractivity contribution in [3.8, 4) is 34.3 Å². The molecule has 0 aliphatic rings. The predicted molar refractivity (Wildman–Crippen MR) is 84.4 cm³/mol. The van der Waals surface area contributed by atoms with Crippen molar-refractivity contribution in [3.05, 3.63) is 66.1 Å². The summed E-state index contributed by atoms with van der Waals surface area (Å²) in [6.45, 7) is 0. The van der Waals surface area contributed by atoms with Gasteiger partial charge in [0, 0.05) is 10.6 Å². The molecule has 3 heterocycles. The van der Waals surface area contributed by atoms with Crippen molar-refractivity contribution >= 4 is 11.6 Å². The van der Waals surface area contributed by atoms with Crippen LogP contribution in [0.2, 0.25) is 5.02 Å². The van der Waals surface area contributed by atoms with Crippen molar-refractivity contribution in [1.82, 2.24) is 9.97 Å². The summed E-state index contributed by atoms with van der Waals surface area (Å²) in [6.07, 6.45) is 3.25. The topological polar surface area (TPSA) is 55.0 Å². The number of aromatic amines is 1. The van der Waals surface area contributed by atoms with Gasteiger partial charge in [-0.25, -0.2) is 4.98 Å². The van der Waals surface area contributed by atoms with Crippen LogP contribution in [0.3, 0.4) is 0 Å². The largest absolute Gasteiger partial charge is 0.463 e. The summed E-state index contributed by atoms with van der Waals surface area (Å²) < 4.78 is 11.0. The number of nitrogens with zero attached hydrogens (tertiary/aromatic N) is 1. The lowest BCUT2D eigenvalue weighted by atomic mass is 10.2. The monoisotopic (exact) mass is 310 g/mol. The standard InChI is InChI=1S/C17H11ClN2O2/c18-12-7-5-11(6-8-12)17-19-15(13-3-1-9-21-13)16(20-17)14-4-2-10-22-14/h1-10H,(H,19,20). The summed E-state index contributed by atoms with van der Waals surface area (Å²) in [7, 11) is 0. The quantitative estimate of drug-likeness (QED) is 0.562. The Hall–Kier alpha value is -2.72. The molecule has 3 aromatic heterocycles. The maximum Gasteiger partial charge on any atom is 0.154 e. The molecular weight excluding hydrogens is 300 g/mol. The van der Waals surface area contributed by atoms with Crippen LogP contribution < -0.4 is 0 Å². The van der Waals surface area contributed by atoms with Crippen LogP contribution in [0.15, 0.2) is 69.9 Å². The molecule has 5 heteroatoms. The Morgan fingerprint density at radius 3 is 2.18 bits per heavy atom. The van der Waals surface area contributed by atoms with Gasteiger partial charge in [-0.05, 0) is 48.5 Å². The molecule has 0 spiro atoms. The Bertz CT molecular complexity index is 824. The van der Waals surface area contributed by atoms with Gasteiger partial charge in [-0.1, -0.05) is 11.6 Å². The van der Waals surface area contributed by atoms with Crippen molar-refractivity contribution in [2.24, 2.45) is 0 Å². The number of benzene rings is 1. The minimum atomic E-state index is 0.683. The molecule has 0 amide bonds. The Morgan fingerprint density at radius 1 is 0.864 bits per heavy atom. The van der Waals surface area contributed by atoms with Gasteiger partial charge in [-0.2, -0.15) is 0 Å². The van der Waals surface area contributed by atoms with E-state index in [1.54, 1.807) is 12.5 Å². The van der Waals surface area contributed by atoms with Gasteiger partial charge in [0.2, 0.25) is 0 Å². The lowest BCUT2D eigenvalue weighted by Gasteiger charge is -1.96. The van der Waals surface area contributed by atoms with Gasteiger partial charge in [-0.15, -0.1) is 0 Å². The van der Waals surface area contributed by atoms with Crippen molar-refractivity contribution in [3.63, 3.8) is 0 Å². The molecule has 1 aromatic carbocycles. The van der Waals surface area contributed by atoms with Gasteiger partial charge in [-0.3, -0.25) is 0 Å². The Labute approximate surface area is 131 Å². The first kappa shape index (κ1) is 13.0. The highest BCUT2D eigenvalue weighted by Gasteiger charge is 2.18. The van der Waals surface area contributed by atoms with Gasteiger partial charge >= 0.3 is 0 Å². The minimum absolute atomic E-state index is 0.683. The van der Waals surface area contributed by atoms with Crippen LogP contribution in [0.4, 0.5) is 0 Å². The summed E-state index contributed by atoms with van der Waals surface area (Å²) in [5.74, 6) is 2.12. The van der Waals surface area contributed by atoms with Gasteiger partial charge in [0.25, 0.3) is 0 Å². The van der Waals surface area contributed by atoms with E-state index in [1.807, 2.05) is 48.5 Å². The SMILES string of the molecule is Clc1ccc(-c2nc(-c3ccco3)c(-c3ccco3)[nH]2)cc1. The zero-order chi connectivity index (χ0) is 14.9. The van der Waals surface area contributed by atoms with Crippen LogP contribution >= 0.6 is 11.6 Å². The lowest BCUT2D eigenvalue weighted by molar-refractivity contribution is 0.573. The second kappa shape index (κ2) is 5.24. The minimum Gasteiger partial charge on any atom is -0.463 e. The van der Waals surface area contributed by atoms with Crippen molar-refractivity contribution in [2.45, 2.75) is 0 Å². The summed E-state index contributed by atoms with van der Waals surface area (Å²) >= 11 is 5.94. The van der Waals surface area contributed by atoms with Gasteiger partial charge in [0.05, 0.1) is 12.5 Å². The van der Waals surface area contributed by atoms with Crippen LogP contribution in [0.5, 0.6) is 0 Å². The van der Waals surface area contributed by atoms with E-state index in [1.165, 1.54) is 0 Å². The van der Waals surface area contributed by atoms with Crippen LogP contribution in [0.25, 0.3) is 34.3 Å². The van der Waals surface area contributed by atoms with Crippen LogP contribution in [-0.4, -0.2) is 9.97 Å². The van der Waals surface area contributed by atoms with E-state index in [9.17, 15) is 0 Å². The number of furan rings is 2. The van der Waals surface area contributed by atoms with Crippen molar-refractivity contribution in [1.29, 1.82) is 0 Å². The molecule has 0 saturated heterocycles. The second-order valence-corrected chi connectivity index (χ2v) is 5.21. The maximum atomic E-state index is 5.94. The predicted octanol–water partition coefficient (Wildman–Crippen LogP) is 5.25. The van der Waals surface area contributed by atoms with E-state index < -0.39 is 0 Å².